The lowest BCUT2D eigenvalue weighted by Crippen LogP contribution is -2.51. The average Bonchev–Trinajstić information content (AvgIpc) is 3.12. The molecule has 2 saturated carbocycles. The minimum Gasteiger partial charge on any atom is -0.465 e. The van der Waals surface area contributed by atoms with E-state index in [1.807, 2.05) is 18.5 Å². The Balaban J connectivity index is 1.52. The Hall–Kier alpha value is -1.90. The van der Waals surface area contributed by atoms with Crippen LogP contribution in [0.3, 0.4) is 0 Å². The third-order valence-corrected chi connectivity index (χ3v) is 8.84. The highest BCUT2D eigenvalue weighted by Crippen LogP contribution is 2.66. The highest BCUT2D eigenvalue weighted by atomic mass is 16.5. The van der Waals surface area contributed by atoms with Gasteiger partial charge in [-0.15, -0.1) is 0 Å². The summed E-state index contributed by atoms with van der Waals surface area (Å²) < 4.78 is 5.73. The zero-order valence-corrected chi connectivity index (χ0v) is 17.8. The van der Waals surface area contributed by atoms with E-state index in [-0.39, 0.29) is 11.4 Å². The van der Waals surface area contributed by atoms with Crippen LogP contribution >= 0.6 is 0 Å². The van der Waals surface area contributed by atoms with Crippen molar-refractivity contribution in [1.29, 1.82) is 0 Å². The van der Waals surface area contributed by atoms with Crippen LogP contribution < -0.4 is 0 Å². The zero-order chi connectivity index (χ0) is 20.1. The van der Waals surface area contributed by atoms with Gasteiger partial charge in [-0.3, -0.25) is 9.78 Å². The van der Waals surface area contributed by atoms with Gasteiger partial charge in [0.2, 0.25) is 0 Å². The van der Waals surface area contributed by atoms with E-state index in [2.05, 4.69) is 30.1 Å². The Morgan fingerprint density at radius 2 is 2.10 bits per heavy atom. The molecule has 5 atom stereocenters. The number of carbonyl (C=O) groups excluding carboxylic acids is 1. The Morgan fingerprint density at radius 1 is 1.21 bits per heavy atom. The van der Waals surface area contributed by atoms with Crippen LogP contribution in [-0.4, -0.2) is 17.6 Å². The largest absolute Gasteiger partial charge is 0.465 e. The highest BCUT2D eigenvalue weighted by Gasteiger charge is 2.58. The van der Waals surface area contributed by atoms with Gasteiger partial charge < -0.3 is 4.74 Å². The first kappa shape index (κ1) is 19.1. The quantitative estimate of drug-likeness (QED) is 0.470. The van der Waals surface area contributed by atoms with Gasteiger partial charge in [-0.05, 0) is 85.3 Å². The summed E-state index contributed by atoms with van der Waals surface area (Å²) >= 11 is 0. The van der Waals surface area contributed by atoms with Crippen molar-refractivity contribution in [2.75, 3.05) is 6.61 Å². The van der Waals surface area contributed by atoms with Crippen molar-refractivity contribution in [1.82, 2.24) is 4.98 Å². The summed E-state index contributed by atoms with van der Waals surface area (Å²) in [5.41, 5.74) is 4.67. The summed E-state index contributed by atoms with van der Waals surface area (Å²) in [4.78, 5) is 16.2. The van der Waals surface area contributed by atoms with E-state index in [1.54, 1.807) is 12.5 Å². The summed E-state index contributed by atoms with van der Waals surface area (Å²) in [6, 6.07) is 4.19. The maximum atomic E-state index is 11.8. The van der Waals surface area contributed by atoms with Gasteiger partial charge in [-0.25, -0.2) is 0 Å². The minimum absolute atomic E-state index is 0.0494. The molecule has 0 radical (unpaired) electrons. The van der Waals surface area contributed by atoms with Gasteiger partial charge >= 0.3 is 5.97 Å². The smallest absolute Gasteiger partial charge is 0.302 e. The van der Waals surface area contributed by atoms with E-state index < -0.39 is 0 Å². The van der Waals surface area contributed by atoms with Crippen LogP contribution in [0.1, 0.15) is 70.8 Å². The van der Waals surface area contributed by atoms with Crippen LogP contribution in [0.4, 0.5) is 0 Å². The number of nitrogens with zero attached hydrogens (tertiary/aromatic N) is 1. The summed E-state index contributed by atoms with van der Waals surface area (Å²) in [5.74, 6) is 1.87. The van der Waals surface area contributed by atoms with Gasteiger partial charge in [0.25, 0.3) is 0 Å². The van der Waals surface area contributed by atoms with Gasteiger partial charge in [0.15, 0.2) is 0 Å². The molecule has 0 unspecified atom stereocenters. The van der Waals surface area contributed by atoms with Crippen LogP contribution in [0.15, 0.2) is 42.3 Å². The zero-order valence-electron chi connectivity index (χ0n) is 17.8. The summed E-state index contributed by atoms with van der Waals surface area (Å²) in [6.07, 6.45) is 18.9. The standard InChI is InChI=1S/C26H33NO2/c1-18(28)29-17-26-14-12-23-21(9-8-20-7-3-4-13-25(20,23)2)24(26)11-10-22(26)19-6-5-15-27-16-19/h5-6,8,10,15-16,21,23-24H,3-4,7,9,11-14,17H2,1-2H3/t21-,23+,24+,25+,26+/m1/s1. The lowest BCUT2D eigenvalue weighted by molar-refractivity contribution is -0.147. The van der Waals surface area contributed by atoms with Crippen molar-refractivity contribution in [2.24, 2.45) is 28.6 Å². The van der Waals surface area contributed by atoms with Gasteiger partial charge in [-0.2, -0.15) is 0 Å². The molecule has 0 bridgehead atoms. The highest BCUT2D eigenvalue weighted by molar-refractivity contribution is 5.74. The number of allylic oxidation sites excluding steroid dienone is 3. The number of hydrogen-bond acceptors (Lipinski definition) is 3. The van der Waals surface area contributed by atoms with Crippen molar-refractivity contribution in [2.45, 2.75) is 65.2 Å². The monoisotopic (exact) mass is 391 g/mol. The summed E-state index contributed by atoms with van der Waals surface area (Å²) in [6.45, 7) is 4.61. The fourth-order valence-corrected chi connectivity index (χ4v) is 7.51. The number of esters is 1. The van der Waals surface area contributed by atoms with E-state index in [4.69, 9.17) is 4.74 Å². The molecular formula is C26H33NO2. The molecule has 154 valence electrons. The van der Waals surface area contributed by atoms with Gasteiger partial charge in [0.1, 0.15) is 6.61 Å². The number of fused-ring (bicyclic) bond motifs is 5. The van der Waals surface area contributed by atoms with Crippen LogP contribution in [0.5, 0.6) is 0 Å². The van der Waals surface area contributed by atoms with Gasteiger partial charge in [-0.1, -0.05) is 37.1 Å². The fourth-order valence-electron chi connectivity index (χ4n) is 7.51. The molecule has 3 nitrogen and oxygen atoms in total. The first-order chi connectivity index (χ1) is 14.0. The second-order valence-electron chi connectivity index (χ2n) is 10.0. The van der Waals surface area contributed by atoms with Crippen LogP contribution in [-0.2, 0) is 9.53 Å². The van der Waals surface area contributed by atoms with E-state index in [0.717, 1.165) is 18.8 Å². The fraction of sp³-hybridized carbons (Fsp3) is 0.615. The molecular weight excluding hydrogens is 358 g/mol. The molecule has 29 heavy (non-hydrogen) atoms. The van der Waals surface area contributed by atoms with E-state index in [9.17, 15) is 4.79 Å². The Labute approximate surface area is 174 Å². The van der Waals surface area contributed by atoms with Crippen molar-refractivity contribution < 1.29 is 9.53 Å². The van der Waals surface area contributed by atoms with Gasteiger partial charge in [0.05, 0.1) is 0 Å². The molecule has 1 heterocycles. The predicted octanol–water partition coefficient (Wildman–Crippen LogP) is 5.97. The number of pyridine rings is 1. The molecule has 3 heteroatoms. The van der Waals surface area contributed by atoms with Crippen molar-refractivity contribution in [3.8, 4) is 0 Å². The molecule has 1 aromatic rings. The number of aromatic nitrogens is 1. The predicted molar refractivity (Wildman–Crippen MR) is 115 cm³/mol. The normalized spacial score (nSPS) is 38.2. The summed E-state index contributed by atoms with van der Waals surface area (Å²) in [7, 11) is 0. The maximum Gasteiger partial charge on any atom is 0.302 e. The maximum absolute atomic E-state index is 11.8. The van der Waals surface area contributed by atoms with Crippen LogP contribution in [0, 0.1) is 28.6 Å². The number of rotatable bonds is 3. The van der Waals surface area contributed by atoms with Crippen LogP contribution in [0.25, 0.3) is 5.57 Å². The third-order valence-electron chi connectivity index (χ3n) is 8.84. The molecule has 0 aliphatic heterocycles. The summed E-state index contributed by atoms with van der Waals surface area (Å²) in [5, 5.41) is 0. The lowest BCUT2D eigenvalue weighted by Gasteiger charge is -2.57. The Morgan fingerprint density at radius 3 is 2.90 bits per heavy atom. The average molecular weight is 392 g/mol. The molecule has 0 saturated heterocycles. The first-order valence-corrected chi connectivity index (χ1v) is 11.5. The number of ether oxygens (including phenoxy) is 1. The van der Waals surface area contributed by atoms with Crippen molar-refractivity contribution in [3.63, 3.8) is 0 Å². The van der Waals surface area contributed by atoms with Crippen molar-refractivity contribution in [3.05, 3.63) is 47.8 Å². The molecule has 0 amide bonds. The second kappa shape index (κ2) is 7.11. The molecule has 0 spiro atoms. The SMILES string of the molecule is CC(=O)OC[C@]12CC[C@H]3[C@@H](CC=C4CCCC[C@@]43C)[C@@H]1CC=C2c1cccnc1. The Kier molecular flexibility index (Phi) is 4.68. The minimum atomic E-state index is -0.164. The molecule has 0 aromatic carbocycles. The number of hydrogen-bond donors (Lipinski definition) is 0. The van der Waals surface area contributed by atoms with Crippen molar-refractivity contribution >= 4 is 11.5 Å². The van der Waals surface area contributed by atoms with Gasteiger partial charge in [0, 0.05) is 24.7 Å². The topological polar surface area (TPSA) is 39.2 Å². The molecule has 4 aliphatic carbocycles. The van der Waals surface area contributed by atoms with Crippen LogP contribution in [0.2, 0.25) is 0 Å². The molecule has 5 rings (SSSR count). The van der Waals surface area contributed by atoms with E-state index in [1.165, 1.54) is 49.7 Å². The molecule has 0 N–H and O–H groups in total. The molecule has 1 aromatic heterocycles. The first-order valence-electron chi connectivity index (χ1n) is 11.5. The molecule has 2 fully saturated rings. The lowest BCUT2D eigenvalue weighted by atomic mass is 9.47. The number of carbonyl (C=O) groups is 1. The van der Waals surface area contributed by atoms with E-state index >= 15 is 0 Å². The molecule has 4 aliphatic rings. The third kappa shape index (κ3) is 2.92. The second-order valence-corrected chi connectivity index (χ2v) is 10.0. The Bertz CT molecular complexity index is 857. The van der Waals surface area contributed by atoms with E-state index in [0.29, 0.717) is 23.9 Å².